The average molecular weight is 333 g/mol. The molecule has 124 valence electrons. The number of hydrogen-bond donors (Lipinski definition) is 0. The number of rotatable bonds is 6. The summed E-state index contributed by atoms with van der Waals surface area (Å²) in [6.45, 7) is -2.90. The summed E-state index contributed by atoms with van der Waals surface area (Å²) >= 11 is 0. The number of alkyl halides is 2. The first kappa shape index (κ1) is 17.2. The minimum Gasteiger partial charge on any atom is -0.493 e. The Morgan fingerprint density at radius 3 is 2.46 bits per heavy atom. The summed E-state index contributed by atoms with van der Waals surface area (Å²) in [6, 6.07) is 12.1. The van der Waals surface area contributed by atoms with Gasteiger partial charge in [0, 0.05) is 6.07 Å². The van der Waals surface area contributed by atoms with Gasteiger partial charge in [0.25, 0.3) is 0 Å². The number of nitrogens with zero attached hydrogens (tertiary/aromatic N) is 1. The van der Waals surface area contributed by atoms with Gasteiger partial charge in [-0.05, 0) is 29.8 Å². The van der Waals surface area contributed by atoms with Crippen LogP contribution in [0.4, 0.5) is 8.78 Å². The van der Waals surface area contributed by atoms with Gasteiger partial charge in [-0.15, -0.1) is 0 Å². The van der Waals surface area contributed by atoms with Crippen LogP contribution in [0.1, 0.15) is 11.1 Å². The van der Waals surface area contributed by atoms with E-state index in [1.165, 1.54) is 49.6 Å². The molecule has 0 unspecified atom stereocenters. The molecule has 0 atom stereocenters. The number of hydrogen-bond acceptors (Lipinski definition) is 5. The van der Waals surface area contributed by atoms with Gasteiger partial charge in [-0.25, -0.2) is 0 Å². The van der Waals surface area contributed by atoms with Gasteiger partial charge in [0.15, 0.2) is 11.5 Å². The molecule has 0 fully saturated rings. The summed E-state index contributed by atoms with van der Waals surface area (Å²) in [5.41, 5.74) is 0.954. The molecule has 0 bridgehead atoms. The molecule has 0 aliphatic rings. The normalized spacial score (nSPS) is 10.1. The summed E-state index contributed by atoms with van der Waals surface area (Å²) in [6.07, 6.45) is -0.0574. The van der Waals surface area contributed by atoms with Crippen molar-refractivity contribution in [2.24, 2.45) is 0 Å². The van der Waals surface area contributed by atoms with Gasteiger partial charge in [0.05, 0.1) is 25.2 Å². The summed E-state index contributed by atoms with van der Waals surface area (Å²) in [7, 11) is 1.40. The highest BCUT2D eigenvalue weighted by atomic mass is 19.3. The molecular formula is C17H13F2NO4. The van der Waals surface area contributed by atoms with Crippen molar-refractivity contribution in [1.29, 1.82) is 5.26 Å². The minimum absolute atomic E-state index is 0.0101. The van der Waals surface area contributed by atoms with Gasteiger partial charge in [-0.1, -0.05) is 12.1 Å². The summed E-state index contributed by atoms with van der Waals surface area (Å²) in [4.78, 5) is 12.0. The molecule has 0 saturated heterocycles. The molecule has 0 N–H and O–H groups in total. The van der Waals surface area contributed by atoms with Gasteiger partial charge >= 0.3 is 12.6 Å². The lowest BCUT2D eigenvalue weighted by Gasteiger charge is -2.10. The van der Waals surface area contributed by atoms with E-state index in [1.807, 2.05) is 6.07 Å². The largest absolute Gasteiger partial charge is 0.493 e. The molecule has 0 aliphatic heterocycles. The average Bonchev–Trinajstić information content (AvgIpc) is 2.56. The van der Waals surface area contributed by atoms with E-state index in [0.717, 1.165) is 0 Å². The van der Waals surface area contributed by atoms with E-state index in [4.69, 9.17) is 14.7 Å². The second-order valence-electron chi connectivity index (χ2n) is 4.65. The first-order valence-electron chi connectivity index (χ1n) is 6.84. The quantitative estimate of drug-likeness (QED) is 0.599. The molecule has 7 heteroatoms. The lowest BCUT2D eigenvalue weighted by atomic mass is 10.1. The fourth-order valence-corrected chi connectivity index (χ4v) is 1.94. The smallest absolute Gasteiger partial charge is 0.387 e. The minimum atomic E-state index is -2.90. The van der Waals surface area contributed by atoms with Crippen molar-refractivity contribution in [3.63, 3.8) is 0 Å². The second-order valence-corrected chi connectivity index (χ2v) is 4.65. The van der Waals surface area contributed by atoms with E-state index in [-0.39, 0.29) is 23.7 Å². The fraction of sp³-hybridized carbons (Fsp3) is 0.176. The summed E-state index contributed by atoms with van der Waals surface area (Å²) < 4.78 is 38.7. The number of nitriles is 1. The topological polar surface area (TPSA) is 68.5 Å². The Labute approximate surface area is 137 Å². The number of carbonyl (C=O) groups excluding carboxylic acids is 1. The van der Waals surface area contributed by atoms with Crippen molar-refractivity contribution < 1.29 is 27.8 Å². The molecule has 0 spiro atoms. The molecule has 5 nitrogen and oxygen atoms in total. The van der Waals surface area contributed by atoms with Crippen LogP contribution in [0.25, 0.3) is 0 Å². The number of esters is 1. The molecule has 24 heavy (non-hydrogen) atoms. The zero-order chi connectivity index (χ0) is 17.5. The maximum atomic E-state index is 12.1. The van der Waals surface area contributed by atoms with Crippen LogP contribution in [0, 0.1) is 11.3 Å². The predicted octanol–water partition coefficient (Wildman–Crippen LogP) is 3.32. The lowest BCUT2D eigenvalue weighted by Crippen LogP contribution is -2.12. The highest BCUT2D eigenvalue weighted by Gasteiger charge is 2.12. The maximum Gasteiger partial charge on any atom is 0.387 e. The van der Waals surface area contributed by atoms with Crippen LogP contribution in [-0.4, -0.2) is 19.7 Å². The van der Waals surface area contributed by atoms with E-state index in [0.29, 0.717) is 11.1 Å². The van der Waals surface area contributed by atoms with Crippen LogP contribution < -0.4 is 14.2 Å². The van der Waals surface area contributed by atoms with E-state index >= 15 is 0 Å². The van der Waals surface area contributed by atoms with Crippen LogP contribution in [0.15, 0.2) is 42.5 Å². The van der Waals surface area contributed by atoms with Crippen LogP contribution in [-0.2, 0) is 11.2 Å². The first-order valence-corrected chi connectivity index (χ1v) is 6.84. The molecule has 0 radical (unpaired) electrons. The van der Waals surface area contributed by atoms with Gasteiger partial charge < -0.3 is 14.2 Å². The van der Waals surface area contributed by atoms with Crippen LogP contribution in [0.3, 0.4) is 0 Å². The van der Waals surface area contributed by atoms with Gasteiger partial charge in [0.2, 0.25) is 0 Å². The van der Waals surface area contributed by atoms with Gasteiger partial charge in [-0.3, -0.25) is 4.79 Å². The molecule has 0 aromatic heterocycles. The second kappa shape index (κ2) is 7.92. The molecule has 0 aliphatic carbocycles. The van der Waals surface area contributed by atoms with Crippen molar-refractivity contribution in [3.8, 4) is 23.3 Å². The molecule has 2 rings (SSSR count). The Hall–Kier alpha value is -3.14. The van der Waals surface area contributed by atoms with Gasteiger partial charge in [-0.2, -0.15) is 14.0 Å². The Bertz CT molecular complexity index is 754. The highest BCUT2D eigenvalue weighted by Crippen LogP contribution is 2.28. The Balaban J connectivity index is 2.02. The molecule has 2 aromatic rings. The Morgan fingerprint density at radius 2 is 1.88 bits per heavy atom. The SMILES string of the molecule is COc1cc(C#N)ccc1OC(=O)Cc1ccc(OC(F)F)cc1. The van der Waals surface area contributed by atoms with Crippen molar-refractivity contribution in [1.82, 2.24) is 0 Å². The summed E-state index contributed by atoms with van der Waals surface area (Å²) in [5.74, 6) is -0.0846. The van der Waals surface area contributed by atoms with Crippen molar-refractivity contribution in [3.05, 3.63) is 53.6 Å². The summed E-state index contributed by atoms with van der Waals surface area (Å²) in [5, 5.41) is 8.83. The van der Waals surface area contributed by atoms with E-state index < -0.39 is 12.6 Å². The van der Waals surface area contributed by atoms with Crippen molar-refractivity contribution in [2.75, 3.05) is 7.11 Å². The standard InChI is InChI=1S/C17H13F2NO4/c1-22-15-8-12(10-20)4-7-14(15)24-16(21)9-11-2-5-13(6-3-11)23-17(18)19/h2-8,17H,9H2,1H3. The molecule has 0 amide bonds. The fourth-order valence-electron chi connectivity index (χ4n) is 1.94. The van der Waals surface area contributed by atoms with E-state index in [9.17, 15) is 13.6 Å². The number of methoxy groups -OCH3 is 1. The molecule has 2 aromatic carbocycles. The number of carbonyl (C=O) groups is 1. The predicted molar refractivity (Wildman–Crippen MR) is 80.1 cm³/mol. The number of halogens is 2. The van der Waals surface area contributed by atoms with E-state index in [1.54, 1.807) is 0 Å². The van der Waals surface area contributed by atoms with Crippen molar-refractivity contribution >= 4 is 5.97 Å². The Kier molecular flexibility index (Phi) is 5.68. The van der Waals surface area contributed by atoms with Crippen LogP contribution in [0.5, 0.6) is 17.2 Å². The Morgan fingerprint density at radius 1 is 1.17 bits per heavy atom. The van der Waals surface area contributed by atoms with E-state index in [2.05, 4.69) is 4.74 Å². The number of ether oxygens (including phenoxy) is 3. The van der Waals surface area contributed by atoms with Crippen LogP contribution in [0.2, 0.25) is 0 Å². The third kappa shape index (κ3) is 4.68. The van der Waals surface area contributed by atoms with Crippen LogP contribution >= 0.6 is 0 Å². The third-order valence-electron chi connectivity index (χ3n) is 3.01. The zero-order valence-electron chi connectivity index (χ0n) is 12.7. The first-order chi connectivity index (χ1) is 11.5. The molecular weight excluding hydrogens is 320 g/mol. The third-order valence-corrected chi connectivity index (χ3v) is 3.01. The highest BCUT2D eigenvalue weighted by molar-refractivity contribution is 5.76. The molecule has 0 saturated carbocycles. The maximum absolute atomic E-state index is 12.1. The lowest BCUT2D eigenvalue weighted by molar-refractivity contribution is -0.133. The molecule has 0 heterocycles. The zero-order valence-corrected chi connectivity index (χ0v) is 12.7. The monoisotopic (exact) mass is 333 g/mol. The van der Waals surface area contributed by atoms with Gasteiger partial charge in [0.1, 0.15) is 5.75 Å². The number of benzene rings is 2. The van der Waals surface area contributed by atoms with Crippen molar-refractivity contribution in [2.45, 2.75) is 13.0 Å².